The number of esters is 1. The number of ether oxygens (including phenoxy) is 2. The fourth-order valence-corrected chi connectivity index (χ4v) is 1.15. The molecule has 1 aromatic carbocycles. The second-order valence-corrected chi connectivity index (χ2v) is 3.09. The standard InChI is InChI=1S/C12H17NO3/c1-3-16-12(14)11(13)8-9-4-6-10(15-2)7-5-9/h4-7,11H,3,8,13H2,1-2H3/t11-/m1/s1/i8D,11D/t8-,11-. The molecule has 0 heterocycles. The first-order valence-corrected chi connectivity index (χ1v) is 4.95. The molecule has 1 aromatic rings. The lowest BCUT2D eigenvalue weighted by Crippen LogP contribution is -2.34. The molecule has 0 bridgehead atoms. The summed E-state index contributed by atoms with van der Waals surface area (Å²) in [6, 6.07) is 4.39. The maximum atomic E-state index is 11.5. The number of hydrogen-bond acceptors (Lipinski definition) is 4. The van der Waals surface area contributed by atoms with Gasteiger partial charge in [-0.2, -0.15) is 0 Å². The van der Waals surface area contributed by atoms with Crippen molar-refractivity contribution >= 4 is 5.97 Å². The maximum absolute atomic E-state index is 11.5. The monoisotopic (exact) mass is 225 g/mol. The van der Waals surface area contributed by atoms with E-state index in [0.717, 1.165) is 0 Å². The fourth-order valence-electron chi connectivity index (χ4n) is 1.15. The van der Waals surface area contributed by atoms with Gasteiger partial charge in [0.15, 0.2) is 0 Å². The molecule has 4 heteroatoms. The van der Waals surface area contributed by atoms with Crippen LogP contribution in [0, 0.1) is 0 Å². The highest BCUT2D eigenvalue weighted by Gasteiger charge is 2.14. The molecule has 0 saturated heterocycles. The summed E-state index contributed by atoms with van der Waals surface area (Å²) >= 11 is 0. The van der Waals surface area contributed by atoms with E-state index < -0.39 is 18.4 Å². The molecular formula is C12H17NO3. The fraction of sp³-hybridized carbons (Fsp3) is 0.417. The molecule has 1 rings (SSSR count). The van der Waals surface area contributed by atoms with Gasteiger partial charge in [-0.05, 0) is 31.0 Å². The Morgan fingerprint density at radius 2 is 2.19 bits per heavy atom. The Morgan fingerprint density at radius 3 is 2.69 bits per heavy atom. The molecule has 88 valence electrons. The SMILES string of the molecule is [2H][C@H](c1ccc(OC)cc1)[C@@]([2H])(N)C(=O)OCC. The van der Waals surface area contributed by atoms with Gasteiger partial charge < -0.3 is 15.2 Å². The molecule has 2 N–H and O–H groups in total. The highest BCUT2D eigenvalue weighted by molar-refractivity contribution is 5.75. The predicted molar refractivity (Wildman–Crippen MR) is 61.3 cm³/mol. The van der Waals surface area contributed by atoms with Crippen LogP contribution < -0.4 is 10.5 Å². The van der Waals surface area contributed by atoms with E-state index in [1.165, 1.54) is 7.11 Å². The summed E-state index contributed by atoms with van der Waals surface area (Å²) in [6.45, 7) is 1.76. The molecule has 16 heavy (non-hydrogen) atoms. The van der Waals surface area contributed by atoms with Crippen molar-refractivity contribution in [1.82, 2.24) is 0 Å². The lowest BCUT2D eigenvalue weighted by Gasteiger charge is -2.10. The van der Waals surface area contributed by atoms with Crippen LogP contribution >= 0.6 is 0 Å². The van der Waals surface area contributed by atoms with E-state index in [0.29, 0.717) is 11.3 Å². The summed E-state index contributed by atoms with van der Waals surface area (Å²) in [5.41, 5.74) is 6.03. The van der Waals surface area contributed by atoms with Gasteiger partial charge in [-0.15, -0.1) is 0 Å². The second-order valence-electron chi connectivity index (χ2n) is 3.09. The summed E-state index contributed by atoms with van der Waals surface area (Å²) in [7, 11) is 1.53. The molecule has 0 aliphatic rings. The zero-order chi connectivity index (χ0) is 13.8. The summed E-state index contributed by atoms with van der Waals surface area (Å²) in [5, 5.41) is 0. The third-order valence-electron chi connectivity index (χ3n) is 1.95. The van der Waals surface area contributed by atoms with Crippen LogP contribution in [0.25, 0.3) is 0 Å². The molecule has 4 nitrogen and oxygen atoms in total. The first-order chi connectivity index (χ1) is 8.43. The molecule has 2 atom stereocenters. The summed E-state index contributed by atoms with van der Waals surface area (Å²) in [5.74, 6) is -0.268. The second kappa shape index (κ2) is 6.12. The Balaban J connectivity index is 2.90. The predicted octanol–water partition coefficient (Wildman–Crippen LogP) is 1.13. The summed E-state index contributed by atoms with van der Waals surface area (Å²) in [6.07, 6.45) is -1.22. The minimum absolute atomic E-state index is 0.131. The smallest absolute Gasteiger partial charge is 0.323 e. The van der Waals surface area contributed by atoms with Gasteiger partial charge in [0, 0.05) is 1.37 Å². The minimum atomic E-state index is -2.12. The van der Waals surface area contributed by atoms with Crippen molar-refractivity contribution in [3.05, 3.63) is 29.8 Å². The van der Waals surface area contributed by atoms with Crippen LogP contribution in [0.4, 0.5) is 0 Å². The number of rotatable bonds is 5. The zero-order valence-corrected chi connectivity index (χ0v) is 9.40. The van der Waals surface area contributed by atoms with Gasteiger partial charge in [0.1, 0.15) is 11.8 Å². The van der Waals surface area contributed by atoms with Crippen molar-refractivity contribution in [1.29, 1.82) is 0 Å². The van der Waals surface area contributed by atoms with Crippen molar-refractivity contribution < 1.29 is 17.0 Å². The molecule has 0 unspecified atom stereocenters. The van der Waals surface area contributed by atoms with E-state index >= 15 is 0 Å². The van der Waals surface area contributed by atoms with Crippen LogP contribution in [-0.2, 0) is 15.9 Å². The van der Waals surface area contributed by atoms with Crippen LogP contribution in [0.15, 0.2) is 24.3 Å². The van der Waals surface area contributed by atoms with Crippen LogP contribution in [0.5, 0.6) is 5.75 Å². The summed E-state index contributed by atoms with van der Waals surface area (Å²) in [4.78, 5) is 11.5. The topological polar surface area (TPSA) is 61.5 Å². The maximum Gasteiger partial charge on any atom is 0.323 e. The Labute approximate surface area is 98.2 Å². The Bertz CT molecular complexity index is 406. The van der Waals surface area contributed by atoms with E-state index in [2.05, 4.69) is 0 Å². The van der Waals surface area contributed by atoms with Gasteiger partial charge in [-0.3, -0.25) is 4.79 Å². The van der Waals surface area contributed by atoms with Crippen LogP contribution in [-0.4, -0.2) is 25.7 Å². The van der Waals surface area contributed by atoms with Crippen molar-refractivity contribution in [3.63, 3.8) is 0 Å². The number of carbonyl (C=O) groups excluding carboxylic acids is 1. The molecule has 0 aromatic heterocycles. The van der Waals surface area contributed by atoms with Gasteiger partial charge in [0.25, 0.3) is 0 Å². The van der Waals surface area contributed by atoms with E-state index in [1.54, 1.807) is 31.2 Å². The molecule has 0 saturated carbocycles. The van der Waals surface area contributed by atoms with Crippen LogP contribution in [0.3, 0.4) is 0 Å². The number of nitrogens with two attached hydrogens (primary N) is 1. The minimum Gasteiger partial charge on any atom is -0.497 e. The van der Waals surface area contributed by atoms with Gasteiger partial charge in [-0.1, -0.05) is 12.1 Å². The highest BCUT2D eigenvalue weighted by Crippen LogP contribution is 2.12. The van der Waals surface area contributed by atoms with E-state index in [-0.39, 0.29) is 6.61 Å². The average Bonchev–Trinajstić information content (AvgIpc) is 2.38. The molecule has 0 aliphatic carbocycles. The molecule has 0 aliphatic heterocycles. The zero-order valence-electron chi connectivity index (χ0n) is 11.4. The number of benzene rings is 1. The van der Waals surface area contributed by atoms with Crippen LogP contribution in [0.1, 0.15) is 15.2 Å². The Morgan fingerprint density at radius 1 is 1.56 bits per heavy atom. The lowest BCUT2D eigenvalue weighted by atomic mass is 10.1. The summed E-state index contributed by atoms with van der Waals surface area (Å²) < 4.78 is 25.3. The van der Waals surface area contributed by atoms with E-state index in [1.807, 2.05) is 0 Å². The number of methoxy groups -OCH3 is 1. The average molecular weight is 225 g/mol. The van der Waals surface area contributed by atoms with Gasteiger partial charge in [0.05, 0.1) is 15.1 Å². The van der Waals surface area contributed by atoms with Crippen LogP contribution in [0.2, 0.25) is 0 Å². The highest BCUT2D eigenvalue weighted by atomic mass is 16.5. The Hall–Kier alpha value is -1.55. The van der Waals surface area contributed by atoms with Crippen molar-refractivity contribution in [2.24, 2.45) is 5.73 Å². The molecular weight excluding hydrogens is 206 g/mol. The first kappa shape index (κ1) is 9.66. The van der Waals surface area contributed by atoms with Crippen molar-refractivity contribution in [2.45, 2.75) is 19.3 Å². The number of hydrogen-bond donors (Lipinski definition) is 1. The van der Waals surface area contributed by atoms with Crippen molar-refractivity contribution in [3.8, 4) is 5.75 Å². The van der Waals surface area contributed by atoms with Gasteiger partial charge >= 0.3 is 5.97 Å². The number of carbonyl (C=O) groups is 1. The third kappa shape index (κ3) is 3.55. The third-order valence-corrected chi connectivity index (χ3v) is 1.95. The quantitative estimate of drug-likeness (QED) is 0.763. The lowest BCUT2D eigenvalue weighted by molar-refractivity contribution is -0.144. The molecule has 0 amide bonds. The van der Waals surface area contributed by atoms with Gasteiger partial charge in [-0.25, -0.2) is 0 Å². The van der Waals surface area contributed by atoms with Gasteiger partial charge in [0.2, 0.25) is 0 Å². The van der Waals surface area contributed by atoms with Crippen molar-refractivity contribution in [2.75, 3.05) is 13.7 Å². The molecule has 0 fully saturated rings. The largest absolute Gasteiger partial charge is 0.497 e. The molecule has 0 spiro atoms. The van der Waals surface area contributed by atoms with E-state index in [4.69, 9.17) is 17.9 Å². The Kier molecular flexibility index (Phi) is 3.70. The van der Waals surface area contributed by atoms with E-state index in [9.17, 15) is 4.79 Å². The first-order valence-electron chi connectivity index (χ1n) is 6.03. The normalized spacial score (nSPS) is 17.7. The molecule has 0 radical (unpaired) electrons.